The molecule has 38 heavy (non-hydrogen) atoms. The van der Waals surface area contributed by atoms with Gasteiger partial charge >= 0.3 is 5.69 Å². The fraction of sp³-hybridized carbons (Fsp3) is 0.185. The van der Waals surface area contributed by atoms with Gasteiger partial charge in [-0.1, -0.05) is 23.7 Å². The van der Waals surface area contributed by atoms with Crippen molar-refractivity contribution in [2.45, 2.75) is 27.0 Å². The first-order valence-corrected chi connectivity index (χ1v) is 12.1. The molecule has 1 amide bonds. The summed E-state index contributed by atoms with van der Waals surface area (Å²) in [5, 5.41) is 9.58. The van der Waals surface area contributed by atoms with Gasteiger partial charge in [0.05, 0.1) is 21.7 Å². The molecule has 9 nitrogen and oxygen atoms in total. The van der Waals surface area contributed by atoms with Crippen molar-refractivity contribution in [2.24, 2.45) is 7.05 Å². The molecule has 0 spiro atoms. The van der Waals surface area contributed by atoms with Crippen molar-refractivity contribution < 1.29 is 13.9 Å². The Kier molecular flexibility index (Phi) is 6.73. The number of hydrogen-bond acceptors (Lipinski definition) is 5. The van der Waals surface area contributed by atoms with Crippen LogP contribution in [0.3, 0.4) is 0 Å². The number of benzene rings is 3. The Morgan fingerprint density at radius 3 is 2.68 bits per heavy atom. The molecule has 3 aromatic carbocycles. The molecule has 2 heterocycles. The van der Waals surface area contributed by atoms with Gasteiger partial charge in [0.25, 0.3) is 0 Å². The van der Waals surface area contributed by atoms with Crippen molar-refractivity contribution in [3.05, 3.63) is 93.1 Å². The lowest BCUT2D eigenvalue weighted by atomic mass is 9.99. The van der Waals surface area contributed by atoms with Crippen LogP contribution in [0.2, 0.25) is 5.02 Å². The van der Waals surface area contributed by atoms with Crippen LogP contribution in [-0.4, -0.2) is 30.2 Å². The first-order chi connectivity index (χ1) is 18.2. The topological polar surface area (TPSA) is 107 Å². The van der Waals surface area contributed by atoms with Gasteiger partial charge in [-0.05, 0) is 66.9 Å². The molecule has 11 heteroatoms. The third-order valence-electron chi connectivity index (χ3n) is 6.19. The minimum Gasteiger partial charge on any atom is -0.482 e. The number of halogens is 2. The first-order valence-electron chi connectivity index (χ1n) is 11.7. The van der Waals surface area contributed by atoms with E-state index in [0.717, 1.165) is 5.56 Å². The fourth-order valence-corrected chi connectivity index (χ4v) is 4.66. The second-order valence-electron chi connectivity index (χ2n) is 8.96. The van der Waals surface area contributed by atoms with E-state index < -0.39 is 11.7 Å². The largest absolute Gasteiger partial charge is 0.482 e. The number of para-hydroxylation sites is 1. The number of aryl methyl sites for hydroxylation is 3. The van der Waals surface area contributed by atoms with Gasteiger partial charge in [-0.3, -0.25) is 19.0 Å². The zero-order chi connectivity index (χ0) is 27.0. The molecule has 0 unspecified atom stereocenters. The van der Waals surface area contributed by atoms with Crippen molar-refractivity contribution in [3.63, 3.8) is 0 Å². The summed E-state index contributed by atoms with van der Waals surface area (Å²) in [5.74, 6) is -0.358. The van der Waals surface area contributed by atoms with E-state index in [1.165, 1.54) is 21.5 Å². The molecule has 0 atom stereocenters. The maximum Gasteiger partial charge on any atom is 0.329 e. The third-order valence-corrected chi connectivity index (χ3v) is 6.52. The minimum absolute atomic E-state index is 0.0411. The number of aromatic amines is 1. The molecule has 5 rings (SSSR count). The Hall–Kier alpha value is -4.44. The molecule has 0 radical (unpaired) electrons. The number of carbonyl (C=O) groups is 1. The molecule has 2 aromatic heterocycles. The summed E-state index contributed by atoms with van der Waals surface area (Å²) in [5.41, 5.74) is 3.90. The Morgan fingerprint density at radius 1 is 1.18 bits per heavy atom. The van der Waals surface area contributed by atoms with Crippen molar-refractivity contribution in [1.82, 2.24) is 24.3 Å². The highest BCUT2D eigenvalue weighted by Gasteiger charge is 2.20. The highest BCUT2D eigenvalue weighted by Crippen LogP contribution is 2.34. The number of anilines is 1. The van der Waals surface area contributed by atoms with Crippen LogP contribution in [0.5, 0.6) is 5.75 Å². The van der Waals surface area contributed by atoms with E-state index in [1.807, 2.05) is 19.1 Å². The molecule has 0 bridgehead atoms. The predicted molar refractivity (Wildman–Crippen MR) is 143 cm³/mol. The molecule has 2 N–H and O–H groups in total. The number of carbonyl (C=O) groups excluding carboxylic acids is 1. The molecular formula is C27H24ClFN6O3. The van der Waals surface area contributed by atoms with Gasteiger partial charge in [-0.2, -0.15) is 5.10 Å². The van der Waals surface area contributed by atoms with Gasteiger partial charge < -0.3 is 10.1 Å². The standard InChI is InChI=1S/C27H24ClFN6O3/c1-15-8-18(17-10-16(2)26(20(29)11-17)38-13-23-30-14-31-33-23)25-22(9-15)35(27(37)34(25)3)12-24(36)32-21-7-5-4-6-19(21)28/h4-11,14H,12-13H2,1-3H3,(H,32,36)(H,30,31,33). The number of rotatable bonds is 7. The van der Waals surface area contributed by atoms with Crippen LogP contribution < -0.4 is 15.7 Å². The Balaban J connectivity index is 1.52. The Labute approximate surface area is 221 Å². The van der Waals surface area contributed by atoms with E-state index in [2.05, 4.69) is 20.5 Å². The Morgan fingerprint density at radius 2 is 1.97 bits per heavy atom. The van der Waals surface area contributed by atoms with Crippen LogP contribution in [-0.2, 0) is 25.0 Å². The lowest BCUT2D eigenvalue weighted by molar-refractivity contribution is -0.116. The number of fused-ring (bicyclic) bond motifs is 1. The van der Waals surface area contributed by atoms with Crippen molar-refractivity contribution >= 4 is 34.2 Å². The number of nitrogens with zero attached hydrogens (tertiary/aromatic N) is 4. The molecule has 0 saturated carbocycles. The van der Waals surface area contributed by atoms with Crippen LogP contribution in [0.15, 0.2) is 59.7 Å². The van der Waals surface area contributed by atoms with Crippen LogP contribution in [0.4, 0.5) is 10.1 Å². The fourth-order valence-electron chi connectivity index (χ4n) is 4.48. The van der Waals surface area contributed by atoms with Gasteiger partial charge in [-0.25, -0.2) is 14.2 Å². The van der Waals surface area contributed by atoms with Crippen molar-refractivity contribution in [3.8, 4) is 16.9 Å². The van der Waals surface area contributed by atoms with Gasteiger partial charge in [0.1, 0.15) is 19.5 Å². The van der Waals surface area contributed by atoms with Gasteiger partial charge in [-0.15, -0.1) is 0 Å². The van der Waals surface area contributed by atoms with E-state index in [0.29, 0.717) is 44.3 Å². The third kappa shape index (κ3) is 4.78. The number of H-pyrrole nitrogens is 1. The average molecular weight is 535 g/mol. The predicted octanol–water partition coefficient (Wildman–Crippen LogP) is 4.75. The smallest absolute Gasteiger partial charge is 0.329 e. The first kappa shape index (κ1) is 25.2. The van der Waals surface area contributed by atoms with Crippen LogP contribution >= 0.6 is 11.6 Å². The second-order valence-corrected chi connectivity index (χ2v) is 9.37. The summed E-state index contributed by atoms with van der Waals surface area (Å²) in [7, 11) is 1.63. The summed E-state index contributed by atoms with van der Waals surface area (Å²) < 4.78 is 23.7. The highest BCUT2D eigenvalue weighted by molar-refractivity contribution is 6.33. The van der Waals surface area contributed by atoms with E-state index in [-0.39, 0.29) is 24.6 Å². The van der Waals surface area contributed by atoms with E-state index >= 15 is 4.39 Å². The van der Waals surface area contributed by atoms with Crippen LogP contribution in [0.1, 0.15) is 17.0 Å². The van der Waals surface area contributed by atoms with E-state index in [9.17, 15) is 9.59 Å². The number of amides is 1. The lowest BCUT2D eigenvalue weighted by Crippen LogP contribution is -2.28. The summed E-state index contributed by atoms with van der Waals surface area (Å²) in [4.78, 5) is 30.1. The monoisotopic (exact) mass is 534 g/mol. The Bertz CT molecular complexity index is 1700. The van der Waals surface area contributed by atoms with Gasteiger partial charge in [0.2, 0.25) is 5.91 Å². The second kappa shape index (κ2) is 10.1. The maximum atomic E-state index is 15.2. The number of ether oxygens (including phenoxy) is 1. The molecule has 194 valence electrons. The van der Waals surface area contributed by atoms with E-state index in [1.54, 1.807) is 44.3 Å². The molecule has 5 aromatic rings. The van der Waals surface area contributed by atoms with Crippen molar-refractivity contribution in [2.75, 3.05) is 5.32 Å². The number of imidazole rings is 1. The quantitative estimate of drug-likeness (QED) is 0.313. The summed E-state index contributed by atoms with van der Waals surface area (Å²) in [6, 6.07) is 13.8. The molecule has 0 fully saturated rings. The highest BCUT2D eigenvalue weighted by atomic mass is 35.5. The zero-order valence-corrected chi connectivity index (χ0v) is 21.6. The van der Waals surface area contributed by atoms with Crippen LogP contribution in [0, 0.1) is 19.7 Å². The molecule has 0 aliphatic heterocycles. The lowest BCUT2D eigenvalue weighted by Gasteiger charge is -2.13. The molecular weight excluding hydrogens is 511 g/mol. The zero-order valence-electron chi connectivity index (χ0n) is 20.9. The molecule has 0 saturated heterocycles. The maximum absolute atomic E-state index is 15.2. The average Bonchev–Trinajstić information content (AvgIpc) is 3.47. The summed E-state index contributed by atoms with van der Waals surface area (Å²) in [6.45, 7) is 3.46. The van der Waals surface area contributed by atoms with Crippen molar-refractivity contribution in [1.29, 1.82) is 0 Å². The van der Waals surface area contributed by atoms with Gasteiger partial charge in [0, 0.05) is 12.6 Å². The molecule has 0 aliphatic carbocycles. The van der Waals surface area contributed by atoms with Gasteiger partial charge in [0.15, 0.2) is 17.4 Å². The number of hydrogen-bond donors (Lipinski definition) is 2. The van der Waals surface area contributed by atoms with Crippen LogP contribution in [0.25, 0.3) is 22.2 Å². The minimum atomic E-state index is -0.544. The summed E-state index contributed by atoms with van der Waals surface area (Å²) in [6.07, 6.45) is 1.35. The molecule has 0 aliphatic rings. The summed E-state index contributed by atoms with van der Waals surface area (Å²) >= 11 is 6.16. The van der Waals surface area contributed by atoms with E-state index in [4.69, 9.17) is 16.3 Å². The number of nitrogens with one attached hydrogen (secondary N) is 2. The normalized spacial score (nSPS) is 11.2. The number of aromatic nitrogens is 5. The SMILES string of the molecule is Cc1cc(-c2cc(C)c(OCc3ncn[nH]3)c(F)c2)c2c(c1)n(CC(=O)Nc1ccccc1Cl)c(=O)n2C.